The molecule has 14 heavy (non-hydrogen) atoms. The van der Waals surface area contributed by atoms with Gasteiger partial charge in [-0.1, -0.05) is 28.1 Å². The lowest BCUT2D eigenvalue weighted by molar-refractivity contribution is -0.134. The second-order valence-electron chi connectivity index (χ2n) is 3.11. The minimum Gasteiger partial charge on any atom is -0.462 e. The van der Waals surface area contributed by atoms with Gasteiger partial charge in [-0.15, -0.1) is 0 Å². The second kappa shape index (κ2) is 3.96. The van der Waals surface area contributed by atoms with Crippen molar-refractivity contribution in [3.05, 3.63) is 39.9 Å². The highest BCUT2D eigenvalue weighted by atomic mass is 79.9. The Bertz CT molecular complexity index is 396. The van der Waals surface area contributed by atoms with Gasteiger partial charge in [0.2, 0.25) is 0 Å². The van der Waals surface area contributed by atoms with E-state index in [0.717, 1.165) is 15.6 Å². The number of hydrogen-bond donors (Lipinski definition) is 0. The van der Waals surface area contributed by atoms with E-state index >= 15 is 0 Å². The highest BCUT2D eigenvalue weighted by Gasteiger charge is 2.17. The smallest absolute Gasteiger partial charge is 0.334 e. The van der Waals surface area contributed by atoms with Crippen LogP contribution in [0, 0.1) is 0 Å². The van der Waals surface area contributed by atoms with E-state index in [2.05, 4.69) is 15.9 Å². The van der Waals surface area contributed by atoms with Crippen LogP contribution in [0.2, 0.25) is 0 Å². The minimum absolute atomic E-state index is 0.190. The predicted octanol–water partition coefficient (Wildman–Crippen LogP) is 2.78. The van der Waals surface area contributed by atoms with Gasteiger partial charge in [0.25, 0.3) is 0 Å². The zero-order valence-corrected chi connectivity index (χ0v) is 9.08. The van der Waals surface area contributed by atoms with Crippen LogP contribution in [0.4, 0.5) is 0 Å². The van der Waals surface area contributed by atoms with Gasteiger partial charge in [-0.05, 0) is 23.8 Å². The fraction of sp³-hybridized carbons (Fsp3) is 0.182. The van der Waals surface area contributed by atoms with Crippen LogP contribution in [0.5, 0.6) is 0 Å². The minimum atomic E-state index is -0.190. The molecule has 0 spiro atoms. The molecule has 1 aromatic rings. The molecule has 1 aliphatic heterocycles. The summed E-state index contributed by atoms with van der Waals surface area (Å²) in [5.41, 5.74) is 1.77. The standard InChI is InChI=1S/C11H9BrO2/c12-10-3-1-2-8(7-10)6-9-4-5-14-11(9)13/h1-3,6-7H,4-5H2/b9-6-. The largest absolute Gasteiger partial charge is 0.462 e. The lowest BCUT2D eigenvalue weighted by atomic mass is 10.1. The first-order valence-electron chi connectivity index (χ1n) is 4.39. The molecule has 1 saturated heterocycles. The maximum atomic E-state index is 11.2. The molecule has 0 aromatic heterocycles. The fourth-order valence-electron chi connectivity index (χ4n) is 1.38. The first-order chi connectivity index (χ1) is 6.75. The van der Waals surface area contributed by atoms with Gasteiger partial charge in [-0.25, -0.2) is 4.79 Å². The van der Waals surface area contributed by atoms with Gasteiger partial charge >= 0.3 is 5.97 Å². The van der Waals surface area contributed by atoms with Gasteiger partial charge in [0.05, 0.1) is 6.61 Å². The molecular formula is C11H9BrO2. The normalized spacial score (nSPS) is 18.6. The van der Waals surface area contributed by atoms with Crippen molar-refractivity contribution in [3.8, 4) is 0 Å². The molecule has 1 heterocycles. The molecular weight excluding hydrogens is 244 g/mol. The number of carbonyl (C=O) groups is 1. The highest BCUT2D eigenvalue weighted by Crippen LogP contribution is 2.19. The first-order valence-corrected chi connectivity index (χ1v) is 5.18. The van der Waals surface area contributed by atoms with Crippen molar-refractivity contribution in [2.75, 3.05) is 6.61 Å². The summed E-state index contributed by atoms with van der Waals surface area (Å²) in [7, 11) is 0. The third kappa shape index (κ3) is 2.04. The molecule has 1 fully saturated rings. The Labute approximate surface area is 90.7 Å². The summed E-state index contributed by atoms with van der Waals surface area (Å²) in [6.07, 6.45) is 2.59. The average Bonchev–Trinajstić information content (AvgIpc) is 2.52. The third-order valence-electron chi connectivity index (χ3n) is 2.06. The molecule has 0 radical (unpaired) electrons. The molecule has 0 atom stereocenters. The SMILES string of the molecule is O=C1OCC/C1=C/c1cccc(Br)c1. The van der Waals surface area contributed by atoms with Gasteiger partial charge in [-0.3, -0.25) is 0 Å². The molecule has 0 amide bonds. The zero-order chi connectivity index (χ0) is 9.97. The van der Waals surface area contributed by atoms with Crippen molar-refractivity contribution in [3.63, 3.8) is 0 Å². The van der Waals surface area contributed by atoms with Gasteiger partial charge in [0.15, 0.2) is 0 Å². The molecule has 0 unspecified atom stereocenters. The van der Waals surface area contributed by atoms with Crippen LogP contribution in [0.1, 0.15) is 12.0 Å². The van der Waals surface area contributed by atoms with Gasteiger partial charge in [0, 0.05) is 16.5 Å². The van der Waals surface area contributed by atoms with Crippen molar-refractivity contribution in [1.82, 2.24) is 0 Å². The van der Waals surface area contributed by atoms with E-state index in [0.29, 0.717) is 13.0 Å². The second-order valence-corrected chi connectivity index (χ2v) is 4.03. The lowest BCUT2D eigenvalue weighted by Crippen LogP contribution is -1.94. The predicted molar refractivity (Wildman–Crippen MR) is 57.7 cm³/mol. The molecule has 2 rings (SSSR count). The topological polar surface area (TPSA) is 26.3 Å². The molecule has 3 heteroatoms. The van der Waals surface area contributed by atoms with Gasteiger partial charge < -0.3 is 4.74 Å². The number of esters is 1. The summed E-state index contributed by atoms with van der Waals surface area (Å²) < 4.78 is 5.86. The Hall–Kier alpha value is -1.09. The molecule has 0 saturated carbocycles. The van der Waals surface area contributed by atoms with Crippen molar-refractivity contribution in [2.45, 2.75) is 6.42 Å². The fourth-order valence-corrected chi connectivity index (χ4v) is 1.79. The first kappa shape index (κ1) is 9.46. The molecule has 1 aromatic carbocycles. The third-order valence-corrected chi connectivity index (χ3v) is 2.55. The summed E-state index contributed by atoms with van der Waals surface area (Å²) in [5, 5.41) is 0. The number of rotatable bonds is 1. The average molecular weight is 253 g/mol. The maximum absolute atomic E-state index is 11.2. The Morgan fingerprint density at radius 1 is 1.43 bits per heavy atom. The molecule has 1 aliphatic rings. The van der Waals surface area contributed by atoms with Crippen molar-refractivity contribution >= 4 is 28.0 Å². The molecule has 0 bridgehead atoms. The number of carbonyl (C=O) groups excluding carboxylic acids is 1. The molecule has 2 nitrogen and oxygen atoms in total. The molecule has 0 N–H and O–H groups in total. The van der Waals surface area contributed by atoms with E-state index in [4.69, 9.17) is 4.74 Å². The van der Waals surface area contributed by atoms with E-state index in [-0.39, 0.29) is 5.97 Å². The monoisotopic (exact) mass is 252 g/mol. The zero-order valence-electron chi connectivity index (χ0n) is 7.50. The van der Waals surface area contributed by atoms with Crippen LogP contribution < -0.4 is 0 Å². The van der Waals surface area contributed by atoms with Gasteiger partial charge in [-0.2, -0.15) is 0 Å². The van der Waals surface area contributed by atoms with Crippen LogP contribution in [0.3, 0.4) is 0 Å². The summed E-state index contributed by atoms with van der Waals surface area (Å²) in [6.45, 7) is 0.513. The van der Waals surface area contributed by atoms with Crippen molar-refractivity contribution in [1.29, 1.82) is 0 Å². The van der Waals surface area contributed by atoms with E-state index in [9.17, 15) is 4.79 Å². The Kier molecular flexibility index (Phi) is 2.68. The van der Waals surface area contributed by atoms with E-state index in [1.54, 1.807) is 0 Å². The van der Waals surface area contributed by atoms with Crippen LogP contribution in [-0.4, -0.2) is 12.6 Å². The lowest BCUT2D eigenvalue weighted by Gasteiger charge is -1.95. The summed E-state index contributed by atoms with van der Waals surface area (Å²) in [4.78, 5) is 11.2. The maximum Gasteiger partial charge on any atom is 0.334 e. The van der Waals surface area contributed by atoms with E-state index in [1.165, 1.54) is 0 Å². The Morgan fingerprint density at radius 2 is 2.29 bits per heavy atom. The van der Waals surface area contributed by atoms with Crippen molar-refractivity contribution in [2.24, 2.45) is 0 Å². The summed E-state index contributed by atoms with van der Waals surface area (Å²) >= 11 is 3.38. The quantitative estimate of drug-likeness (QED) is 0.568. The summed E-state index contributed by atoms with van der Waals surface area (Å²) in [5.74, 6) is -0.190. The van der Waals surface area contributed by atoms with Crippen LogP contribution >= 0.6 is 15.9 Å². The van der Waals surface area contributed by atoms with Crippen molar-refractivity contribution < 1.29 is 9.53 Å². The highest BCUT2D eigenvalue weighted by molar-refractivity contribution is 9.10. The number of ether oxygens (including phenoxy) is 1. The van der Waals surface area contributed by atoms with E-state index < -0.39 is 0 Å². The molecule has 72 valence electrons. The summed E-state index contributed by atoms with van der Waals surface area (Å²) in [6, 6.07) is 7.83. The van der Waals surface area contributed by atoms with Gasteiger partial charge in [0.1, 0.15) is 0 Å². The van der Waals surface area contributed by atoms with E-state index in [1.807, 2.05) is 30.3 Å². The molecule has 0 aliphatic carbocycles. The number of halogens is 1. The van der Waals surface area contributed by atoms with Crippen LogP contribution in [0.25, 0.3) is 6.08 Å². The number of benzene rings is 1. The van der Waals surface area contributed by atoms with Crippen LogP contribution in [-0.2, 0) is 9.53 Å². The number of hydrogen-bond acceptors (Lipinski definition) is 2. The Morgan fingerprint density at radius 3 is 2.93 bits per heavy atom. The number of cyclic esters (lactones) is 1. The Balaban J connectivity index is 2.28. The van der Waals surface area contributed by atoms with Crippen LogP contribution in [0.15, 0.2) is 34.3 Å².